The minimum atomic E-state index is -0.637. The van der Waals surface area contributed by atoms with E-state index in [0.717, 1.165) is 19.1 Å². The first-order valence-corrected chi connectivity index (χ1v) is 7.15. The molecular weight excluding hydrogens is 270 g/mol. The van der Waals surface area contributed by atoms with E-state index in [2.05, 4.69) is 5.32 Å². The van der Waals surface area contributed by atoms with E-state index in [-0.39, 0.29) is 11.9 Å². The van der Waals surface area contributed by atoms with Gasteiger partial charge in [-0.25, -0.2) is 0 Å². The first-order valence-electron chi connectivity index (χ1n) is 7.15. The van der Waals surface area contributed by atoms with E-state index in [1.165, 1.54) is 7.11 Å². The van der Waals surface area contributed by atoms with Crippen LogP contribution in [-0.2, 0) is 4.79 Å². The topological polar surface area (TPSA) is 64.6 Å². The highest BCUT2D eigenvalue weighted by molar-refractivity contribution is 5.81. The fourth-order valence-electron chi connectivity index (χ4n) is 1.91. The van der Waals surface area contributed by atoms with Crippen LogP contribution in [0.2, 0.25) is 0 Å². The molecule has 21 heavy (non-hydrogen) atoms. The highest BCUT2D eigenvalue weighted by Crippen LogP contribution is 2.28. The van der Waals surface area contributed by atoms with Crippen molar-refractivity contribution in [1.82, 2.24) is 5.32 Å². The van der Waals surface area contributed by atoms with Gasteiger partial charge in [-0.1, -0.05) is 13.8 Å². The van der Waals surface area contributed by atoms with Crippen LogP contribution in [0.25, 0.3) is 0 Å². The predicted octanol–water partition coefficient (Wildman–Crippen LogP) is 2.58. The third kappa shape index (κ3) is 4.77. The van der Waals surface area contributed by atoms with E-state index in [0.29, 0.717) is 17.1 Å². The van der Waals surface area contributed by atoms with Crippen molar-refractivity contribution < 1.29 is 19.1 Å². The summed E-state index contributed by atoms with van der Waals surface area (Å²) in [5.74, 6) is 0.710. The smallest absolute Gasteiger partial charge is 0.260 e. The van der Waals surface area contributed by atoms with Crippen molar-refractivity contribution in [2.75, 3.05) is 7.11 Å². The van der Waals surface area contributed by atoms with E-state index in [1.807, 2.05) is 13.8 Å². The zero-order valence-corrected chi connectivity index (χ0v) is 13.0. The fourth-order valence-corrected chi connectivity index (χ4v) is 1.91. The van der Waals surface area contributed by atoms with Crippen LogP contribution in [0.5, 0.6) is 11.5 Å². The minimum Gasteiger partial charge on any atom is -0.493 e. The number of amides is 1. The molecule has 1 aromatic carbocycles. The molecule has 1 amide bonds. The SMILES string of the molecule is CCC(CC)NC(=O)C(C)Oc1ccc(C=O)cc1OC. The lowest BCUT2D eigenvalue weighted by molar-refractivity contribution is -0.128. The molecule has 1 N–H and O–H groups in total. The zero-order valence-electron chi connectivity index (χ0n) is 13.0. The van der Waals surface area contributed by atoms with Crippen molar-refractivity contribution in [1.29, 1.82) is 0 Å². The first kappa shape index (κ1) is 17.0. The van der Waals surface area contributed by atoms with Gasteiger partial charge < -0.3 is 14.8 Å². The standard InChI is InChI=1S/C16H23NO4/c1-5-13(6-2)17-16(19)11(3)21-14-8-7-12(10-18)9-15(14)20-4/h7-11,13H,5-6H2,1-4H3,(H,17,19). The molecule has 5 heteroatoms. The fraction of sp³-hybridized carbons (Fsp3) is 0.500. The maximum Gasteiger partial charge on any atom is 0.260 e. The maximum absolute atomic E-state index is 12.1. The molecule has 1 unspecified atom stereocenters. The van der Waals surface area contributed by atoms with Crippen molar-refractivity contribution in [3.63, 3.8) is 0 Å². The Morgan fingerprint density at radius 2 is 1.95 bits per heavy atom. The van der Waals surface area contributed by atoms with Crippen LogP contribution in [0.3, 0.4) is 0 Å². The number of nitrogens with one attached hydrogen (secondary N) is 1. The van der Waals surface area contributed by atoms with Crippen molar-refractivity contribution >= 4 is 12.2 Å². The lowest BCUT2D eigenvalue weighted by atomic mass is 10.1. The molecule has 1 atom stereocenters. The van der Waals surface area contributed by atoms with Crippen molar-refractivity contribution in [2.24, 2.45) is 0 Å². The van der Waals surface area contributed by atoms with Crippen LogP contribution in [0.4, 0.5) is 0 Å². The van der Waals surface area contributed by atoms with Gasteiger partial charge in [0, 0.05) is 11.6 Å². The summed E-state index contributed by atoms with van der Waals surface area (Å²) in [6.45, 7) is 5.74. The number of ether oxygens (including phenoxy) is 2. The monoisotopic (exact) mass is 293 g/mol. The summed E-state index contributed by atoms with van der Waals surface area (Å²) in [5, 5.41) is 2.94. The van der Waals surface area contributed by atoms with E-state index >= 15 is 0 Å². The minimum absolute atomic E-state index is 0.155. The largest absolute Gasteiger partial charge is 0.493 e. The van der Waals surface area contributed by atoms with Crippen molar-refractivity contribution in [2.45, 2.75) is 45.8 Å². The van der Waals surface area contributed by atoms with Gasteiger partial charge in [-0.3, -0.25) is 9.59 Å². The zero-order chi connectivity index (χ0) is 15.8. The molecule has 116 valence electrons. The molecule has 0 radical (unpaired) electrons. The van der Waals surface area contributed by atoms with E-state index < -0.39 is 6.10 Å². The summed E-state index contributed by atoms with van der Waals surface area (Å²) in [7, 11) is 1.49. The van der Waals surface area contributed by atoms with Gasteiger partial charge in [-0.2, -0.15) is 0 Å². The Balaban J connectivity index is 2.75. The van der Waals surface area contributed by atoms with Crippen LogP contribution in [0, 0.1) is 0 Å². The molecule has 0 aliphatic rings. The number of aldehydes is 1. The Hall–Kier alpha value is -2.04. The molecule has 1 rings (SSSR count). The summed E-state index contributed by atoms with van der Waals surface area (Å²) in [6.07, 6.45) is 1.86. The average molecular weight is 293 g/mol. The van der Waals surface area contributed by atoms with Crippen molar-refractivity contribution in [3.05, 3.63) is 23.8 Å². The molecular formula is C16H23NO4. The van der Waals surface area contributed by atoms with Gasteiger partial charge >= 0.3 is 0 Å². The molecule has 0 saturated carbocycles. The second kappa shape index (κ2) is 8.29. The molecule has 0 aliphatic carbocycles. The van der Waals surface area contributed by atoms with Gasteiger partial charge in [0.05, 0.1) is 7.11 Å². The molecule has 1 aromatic rings. The van der Waals surface area contributed by atoms with Crippen LogP contribution in [0.1, 0.15) is 44.0 Å². The molecule has 0 saturated heterocycles. The molecule has 0 bridgehead atoms. The third-order valence-corrected chi connectivity index (χ3v) is 3.33. The third-order valence-electron chi connectivity index (χ3n) is 3.33. The van der Waals surface area contributed by atoms with Crippen LogP contribution in [0.15, 0.2) is 18.2 Å². The number of rotatable bonds is 8. The molecule has 0 fully saturated rings. The molecule has 0 heterocycles. The molecule has 0 aliphatic heterocycles. The van der Waals surface area contributed by atoms with Gasteiger partial charge in [0.25, 0.3) is 5.91 Å². The van der Waals surface area contributed by atoms with Crippen LogP contribution >= 0.6 is 0 Å². The first-order chi connectivity index (χ1) is 10.0. The number of hydrogen-bond acceptors (Lipinski definition) is 4. The number of hydrogen-bond donors (Lipinski definition) is 1. The number of benzene rings is 1. The van der Waals surface area contributed by atoms with E-state index in [4.69, 9.17) is 9.47 Å². The summed E-state index contributed by atoms with van der Waals surface area (Å²) in [5.41, 5.74) is 0.494. The molecule has 0 aromatic heterocycles. The Bertz CT molecular complexity index is 483. The summed E-state index contributed by atoms with van der Waals surface area (Å²) >= 11 is 0. The highest BCUT2D eigenvalue weighted by atomic mass is 16.5. The Morgan fingerprint density at radius 3 is 2.48 bits per heavy atom. The number of methoxy groups -OCH3 is 1. The Labute approximate surface area is 125 Å². The van der Waals surface area contributed by atoms with Gasteiger partial charge in [0.1, 0.15) is 6.29 Å². The quantitative estimate of drug-likeness (QED) is 0.748. The van der Waals surface area contributed by atoms with Gasteiger partial charge in [-0.15, -0.1) is 0 Å². The second-order valence-electron chi connectivity index (χ2n) is 4.81. The van der Waals surface area contributed by atoms with Gasteiger partial charge in [0.15, 0.2) is 17.6 Å². The van der Waals surface area contributed by atoms with E-state index in [1.54, 1.807) is 25.1 Å². The molecule has 0 spiro atoms. The van der Waals surface area contributed by atoms with Crippen molar-refractivity contribution in [3.8, 4) is 11.5 Å². The Kier molecular flexibility index (Phi) is 6.72. The van der Waals surface area contributed by atoms with Gasteiger partial charge in [0.2, 0.25) is 0 Å². The summed E-state index contributed by atoms with van der Waals surface area (Å²) in [6, 6.07) is 4.98. The highest BCUT2D eigenvalue weighted by Gasteiger charge is 2.19. The predicted molar refractivity (Wildman–Crippen MR) is 81.0 cm³/mol. The lowest BCUT2D eigenvalue weighted by Gasteiger charge is -2.20. The lowest BCUT2D eigenvalue weighted by Crippen LogP contribution is -2.42. The number of carbonyl (C=O) groups is 2. The summed E-state index contributed by atoms with van der Waals surface area (Å²) in [4.78, 5) is 22.8. The van der Waals surface area contributed by atoms with Crippen LogP contribution in [-0.4, -0.2) is 31.4 Å². The Morgan fingerprint density at radius 1 is 1.29 bits per heavy atom. The number of carbonyl (C=O) groups excluding carboxylic acids is 2. The second-order valence-corrected chi connectivity index (χ2v) is 4.81. The average Bonchev–Trinajstić information content (AvgIpc) is 2.52. The van der Waals surface area contributed by atoms with Gasteiger partial charge in [-0.05, 0) is 38.0 Å². The summed E-state index contributed by atoms with van der Waals surface area (Å²) < 4.78 is 10.8. The maximum atomic E-state index is 12.1. The van der Waals surface area contributed by atoms with E-state index in [9.17, 15) is 9.59 Å². The van der Waals surface area contributed by atoms with Crippen LogP contribution < -0.4 is 14.8 Å². The normalized spacial score (nSPS) is 11.9. The molecule has 5 nitrogen and oxygen atoms in total.